The molecule has 0 aliphatic carbocycles. The maximum absolute atomic E-state index is 11.5. The van der Waals surface area contributed by atoms with Crippen molar-refractivity contribution in [3.63, 3.8) is 0 Å². The van der Waals surface area contributed by atoms with Crippen molar-refractivity contribution in [1.82, 2.24) is 10.3 Å². The number of fused-ring (bicyclic) bond motifs is 1. The van der Waals surface area contributed by atoms with Crippen molar-refractivity contribution in [2.75, 3.05) is 24.5 Å². The second-order valence-corrected chi connectivity index (χ2v) is 4.72. The van der Waals surface area contributed by atoms with Gasteiger partial charge in [-0.3, -0.25) is 14.9 Å². The van der Waals surface area contributed by atoms with Gasteiger partial charge in [0.25, 0.3) is 11.7 Å². The summed E-state index contributed by atoms with van der Waals surface area (Å²) in [5.41, 5.74) is 6.11. The highest BCUT2D eigenvalue weighted by atomic mass is 16.6. The molecule has 21 heavy (non-hydrogen) atoms. The Bertz CT molecular complexity index is 713. The lowest BCUT2D eigenvalue weighted by molar-refractivity contribution is -0.384. The third kappa shape index (κ3) is 2.38. The predicted octanol–water partition coefficient (Wildman–Crippen LogP) is -0.000500. The molecule has 9 nitrogen and oxygen atoms in total. The number of nitrogens with two attached hydrogens (primary N) is 1. The molecular weight excluding hydrogens is 278 g/mol. The summed E-state index contributed by atoms with van der Waals surface area (Å²) in [4.78, 5) is 27.7. The second kappa shape index (κ2) is 5.02. The van der Waals surface area contributed by atoms with Gasteiger partial charge in [-0.2, -0.15) is 4.98 Å². The number of benzene rings is 1. The number of piperazine rings is 1. The van der Waals surface area contributed by atoms with Gasteiger partial charge in [0.05, 0.1) is 11.0 Å². The molecule has 2 heterocycles. The monoisotopic (exact) mass is 291 g/mol. The number of carbonyl (C=O) groups is 1. The van der Waals surface area contributed by atoms with E-state index in [1.54, 1.807) is 4.90 Å². The number of hydrogen-bond acceptors (Lipinski definition) is 7. The SMILES string of the molecule is NC(=O)C1CNCCN1c1nc2ccc([N+](=O)[O-])cc2o1. The number of oxazole rings is 1. The summed E-state index contributed by atoms with van der Waals surface area (Å²) in [6.45, 7) is 1.60. The third-order valence-electron chi connectivity index (χ3n) is 3.39. The van der Waals surface area contributed by atoms with Gasteiger partial charge >= 0.3 is 0 Å². The van der Waals surface area contributed by atoms with Gasteiger partial charge in [-0.15, -0.1) is 0 Å². The maximum atomic E-state index is 11.5. The van der Waals surface area contributed by atoms with Gasteiger partial charge in [0, 0.05) is 25.7 Å². The lowest BCUT2D eigenvalue weighted by Gasteiger charge is -2.32. The molecule has 0 bridgehead atoms. The van der Waals surface area contributed by atoms with Gasteiger partial charge in [-0.25, -0.2) is 0 Å². The first-order valence-electron chi connectivity index (χ1n) is 6.38. The molecule has 1 aliphatic heterocycles. The summed E-state index contributed by atoms with van der Waals surface area (Å²) in [5, 5.41) is 13.8. The Morgan fingerprint density at radius 2 is 2.38 bits per heavy atom. The van der Waals surface area contributed by atoms with Crippen LogP contribution < -0.4 is 16.0 Å². The molecule has 3 rings (SSSR count). The summed E-state index contributed by atoms with van der Waals surface area (Å²) in [6.07, 6.45) is 0. The fourth-order valence-corrected chi connectivity index (χ4v) is 2.33. The largest absolute Gasteiger partial charge is 0.423 e. The summed E-state index contributed by atoms with van der Waals surface area (Å²) < 4.78 is 5.55. The zero-order valence-corrected chi connectivity index (χ0v) is 11.0. The van der Waals surface area contributed by atoms with Gasteiger partial charge in [0.15, 0.2) is 5.58 Å². The number of nitrogens with one attached hydrogen (secondary N) is 1. The molecule has 1 aliphatic rings. The fraction of sp³-hybridized carbons (Fsp3) is 0.333. The Morgan fingerprint density at radius 1 is 1.57 bits per heavy atom. The number of aromatic nitrogens is 1. The molecule has 0 radical (unpaired) electrons. The highest BCUT2D eigenvalue weighted by molar-refractivity contribution is 5.84. The van der Waals surface area contributed by atoms with Crippen LogP contribution in [0.3, 0.4) is 0 Å². The van der Waals surface area contributed by atoms with Gasteiger partial charge in [-0.1, -0.05) is 0 Å². The van der Waals surface area contributed by atoms with Crippen molar-refractivity contribution >= 4 is 28.7 Å². The van der Waals surface area contributed by atoms with E-state index in [9.17, 15) is 14.9 Å². The lowest BCUT2D eigenvalue weighted by Crippen LogP contribution is -2.57. The van der Waals surface area contributed by atoms with Crippen molar-refractivity contribution in [1.29, 1.82) is 0 Å². The highest BCUT2D eigenvalue weighted by Gasteiger charge is 2.30. The fourth-order valence-electron chi connectivity index (χ4n) is 2.33. The molecular formula is C12H13N5O4. The first kappa shape index (κ1) is 13.3. The first-order chi connectivity index (χ1) is 10.1. The number of anilines is 1. The standard InChI is InChI=1S/C12H13N5O4/c13-11(18)9-6-14-3-4-16(9)12-15-8-2-1-7(17(19)20)5-10(8)21-12/h1-2,5,9,14H,3-4,6H2,(H2,13,18). The summed E-state index contributed by atoms with van der Waals surface area (Å²) >= 11 is 0. The molecule has 3 N–H and O–H groups in total. The van der Waals surface area contributed by atoms with E-state index in [-0.39, 0.29) is 11.7 Å². The minimum absolute atomic E-state index is 0.0723. The van der Waals surface area contributed by atoms with Crippen LogP contribution in [0.4, 0.5) is 11.7 Å². The van der Waals surface area contributed by atoms with Crippen molar-refractivity contribution in [3.8, 4) is 0 Å². The molecule has 1 amide bonds. The average Bonchev–Trinajstić information content (AvgIpc) is 2.89. The van der Waals surface area contributed by atoms with E-state index in [0.717, 1.165) is 0 Å². The van der Waals surface area contributed by atoms with Crippen LogP contribution in [0.15, 0.2) is 22.6 Å². The Kier molecular flexibility index (Phi) is 3.18. The van der Waals surface area contributed by atoms with Crippen LogP contribution in [0.25, 0.3) is 11.1 Å². The van der Waals surface area contributed by atoms with E-state index in [4.69, 9.17) is 10.2 Å². The van der Waals surface area contributed by atoms with E-state index in [2.05, 4.69) is 10.3 Å². The van der Waals surface area contributed by atoms with Crippen molar-refractivity contribution in [2.24, 2.45) is 5.73 Å². The highest BCUT2D eigenvalue weighted by Crippen LogP contribution is 2.26. The van der Waals surface area contributed by atoms with Crippen LogP contribution in [0.5, 0.6) is 0 Å². The van der Waals surface area contributed by atoms with Crippen molar-refractivity contribution in [3.05, 3.63) is 28.3 Å². The van der Waals surface area contributed by atoms with E-state index >= 15 is 0 Å². The van der Waals surface area contributed by atoms with Crippen LogP contribution in [-0.4, -0.2) is 41.5 Å². The quantitative estimate of drug-likeness (QED) is 0.601. The molecule has 9 heteroatoms. The van der Waals surface area contributed by atoms with Gasteiger partial charge < -0.3 is 20.4 Å². The minimum Gasteiger partial charge on any atom is -0.423 e. The van der Waals surface area contributed by atoms with Gasteiger partial charge in [0.1, 0.15) is 11.6 Å². The van der Waals surface area contributed by atoms with Crippen LogP contribution >= 0.6 is 0 Å². The van der Waals surface area contributed by atoms with Crippen LogP contribution in [0, 0.1) is 10.1 Å². The predicted molar refractivity (Wildman–Crippen MR) is 73.9 cm³/mol. The lowest BCUT2D eigenvalue weighted by atomic mass is 10.2. The van der Waals surface area contributed by atoms with Crippen molar-refractivity contribution < 1.29 is 14.1 Å². The number of primary amides is 1. The zero-order valence-electron chi connectivity index (χ0n) is 11.0. The molecule has 2 aromatic rings. The Morgan fingerprint density at radius 3 is 3.10 bits per heavy atom. The number of rotatable bonds is 3. The van der Waals surface area contributed by atoms with E-state index in [0.29, 0.717) is 30.7 Å². The Balaban J connectivity index is 1.99. The van der Waals surface area contributed by atoms with Gasteiger partial charge in [0.2, 0.25) is 5.91 Å². The molecule has 110 valence electrons. The zero-order chi connectivity index (χ0) is 15.0. The topological polar surface area (TPSA) is 128 Å². The summed E-state index contributed by atoms with van der Waals surface area (Å²) in [6, 6.07) is 3.88. The average molecular weight is 291 g/mol. The van der Waals surface area contributed by atoms with Crippen LogP contribution in [0.2, 0.25) is 0 Å². The van der Waals surface area contributed by atoms with E-state index in [1.165, 1.54) is 18.2 Å². The van der Waals surface area contributed by atoms with E-state index < -0.39 is 16.9 Å². The number of non-ortho nitro benzene ring substituents is 1. The van der Waals surface area contributed by atoms with Crippen LogP contribution in [-0.2, 0) is 4.79 Å². The molecule has 1 aromatic heterocycles. The number of carbonyl (C=O) groups excluding carboxylic acids is 1. The molecule has 1 unspecified atom stereocenters. The number of hydrogen-bond donors (Lipinski definition) is 2. The van der Waals surface area contributed by atoms with Gasteiger partial charge in [-0.05, 0) is 6.07 Å². The van der Waals surface area contributed by atoms with E-state index in [1.807, 2.05) is 0 Å². The van der Waals surface area contributed by atoms with Crippen molar-refractivity contribution in [2.45, 2.75) is 6.04 Å². The molecule has 0 saturated carbocycles. The summed E-state index contributed by atoms with van der Waals surface area (Å²) in [5.74, 6) is -0.476. The Hall–Kier alpha value is -2.68. The molecule has 0 spiro atoms. The molecule has 1 aromatic carbocycles. The number of nitrogens with zero attached hydrogens (tertiary/aromatic N) is 3. The minimum atomic E-state index is -0.554. The third-order valence-corrected chi connectivity index (χ3v) is 3.39. The molecule has 1 atom stereocenters. The molecule has 1 saturated heterocycles. The summed E-state index contributed by atoms with van der Waals surface area (Å²) in [7, 11) is 0. The number of nitro groups is 1. The smallest absolute Gasteiger partial charge is 0.299 e. The van der Waals surface area contributed by atoms with Crippen LogP contribution in [0.1, 0.15) is 0 Å². The Labute approximate surface area is 118 Å². The second-order valence-electron chi connectivity index (χ2n) is 4.72. The number of nitro benzene ring substituents is 1. The normalized spacial score (nSPS) is 18.9. The number of amides is 1. The molecule has 1 fully saturated rings. The first-order valence-corrected chi connectivity index (χ1v) is 6.38. The maximum Gasteiger partial charge on any atom is 0.299 e.